The van der Waals surface area contributed by atoms with Gasteiger partial charge in [-0.15, -0.1) is 0 Å². The first-order valence-corrected chi connectivity index (χ1v) is 13.0. The maximum atomic E-state index is 13.5. The molecular weight excluding hydrogens is 368 g/mol. The fourth-order valence-electron chi connectivity index (χ4n) is 8.59. The quantitative estimate of drug-likeness (QED) is 0.458. The summed E-state index contributed by atoms with van der Waals surface area (Å²) in [6.45, 7) is 12.3. The molecule has 0 aliphatic heterocycles. The van der Waals surface area contributed by atoms with E-state index in [1.807, 2.05) is 7.11 Å². The van der Waals surface area contributed by atoms with Crippen molar-refractivity contribution >= 4 is 5.78 Å². The Morgan fingerprint density at radius 3 is 2.50 bits per heavy atom. The Balaban J connectivity index is 1.54. The van der Waals surface area contributed by atoms with E-state index >= 15 is 0 Å². The van der Waals surface area contributed by atoms with Gasteiger partial charge in [0.25, 0.3) is 0 Å². The van der Waals surface area contributed by atoms with Crippen LogP contribution < -0.4 is 0 Å². The second-order valence-electron chi connectivity index (χ2n) is 12.4. The molecule has 30 heavy (non-hydrogen) atoms. The molecule has 3 fully saturated rings. The highest BCUT2D eigenvalue weighted by molar-refractivity contribution is 5.94. The van der Waals surface area contributed by atoms with Crippen molar-refractivity contribution in [2.45, 2.75) is 105 Å². The van der Waals surface area contributed by atoms with Gasteiger partial charge in [-0.2, -0.15) is 0 Å². The van der Waals surface area contributed by atoms with E-state index in [4.69, 9.17) is 4.74 Å². The normalized spacial score (nSPS) is 44.3. The molecule has 4 aliphatic carbocycles. The van der Waals surface area contributed by atoms with Crippen molar-refractivity contribution in [2.24, 2.45) is 46.3 Å². The molecule has 0 aromatic rings. The van der Waals surface area contributed by atoms with E-state index < -0.39 is 0 Å². The second-order valence-corrected chi connectivity index (χ2v) is 12.4. The fourth-order valence-corrected chi connectivity index (χ4v) is 8.59. The standard InChI is InChI=1S/C28H46O2/c1-18(2)8-7-9-19(3)22-10-11-23-26-24(13-15-28(22,23)5)27(4)14-12-21(30-6)16-20(27)17-25(26)29/h17-19,21-24,26H,7-16H2,1-6H3/t19-,21?,22?,23?,24?,26?,27?,28?/m1/s1. The largest absolute Gasteiger partial charge is 0.381 e. The van der Waals surface area contributed by atoms with Gasteiger partial charge < -0.3 is 4.74 Å². The first-order chi connectivity index (χ1) is 14.2. The number of carbonyl (C=O) groups is 1. The summed E-state index contributed by atoms with van der Waals surface area (Å²) in [5.74, 6) is 4.35. The maximum absolute atomic E-state index is 13.5. The van der Waals surface area contributed by atoms with Crippen molar-refractivity contribution in [1.82, 2.24) is 0 Å². The third-order valence-corrected chi connectivity index (χ3v) is 10.4. The molecule has 4 aliphatic rings. The fraction of sp³-hybridized carbons (Fsp3) is 0.893. The number of fused-ring (bicyclic) bond motifs is 5. The molecule has 0 aromatic carbocycles. The Morgan fingerprint density at radius 1 is 1.03 bits per heavy atom. The molecule has 7 unspecified atom stereocenters. The van der Waals surface area contributed by atoms with E-state index in [0.717, 1.165) is 30.6 Å². The van der Waals surface area contributed by atoms with Crippen molar-refractivity contribution < 1.29 is 9.53 Å². The van der Waals surface area contributed by atoms with E-state index in [1.165, 1.54) is 56.9 Å². The smallest absolute Gasteiger partial charge is 0.159 e. The highest BCUT2D eigenvalue weighted by atomic mass is 16.5. The predicted octanol–water partition coefficient (Wildman–Crippen LogP) is 7.22. The van der Waals surface area contributed by atoms with Gasteiger partial charge in [-0.25, -0.2) is 0 Å². The van der Waals surface area contributed by atoms with Crippen LogP contribution in [0.2, 0.25) is 0 Å². The summed E-state index contributed by atoms with van der Waals surface area (Å²) in [7, 11) is 1.83. The molecule has 0 spiro atoms. The van der Waals surface area contributed by atoms with Crippen molar-refractivity contribution in [2.75, 3.05) is 7.11 Å². The summed E-state index contributed by atoms with van der Waals surface area (Å²) in [4.78, 5) is 13.5. The first-order valence-electron chi connectivity index (χ1n) is 13.0. The number of ether oxygens (including phenoxy) is 1. The number of ketones is 1. The van der Waals surface area contributed by atoms with Crippen molar-refractivity contribution in [3.63, 3.8) is 0 Å². The van der Waals surface area contributed by atoms with Gasteiger partial charge in [0.1, 0.15) is 0 Å². The van der Waals surface area contributed by atoms with Gasteiger partial charge in [-0.05, 0) is 91.4 Å². The third kappa shape index (κ3) is 3.63. The Morgan fingerprint density at radius 2 is 1.80 bits per heavy atom. The molecule has 8 atom stereocenters. The maximum Gasteiger partial charge on any atom is 0.159 e. The minimum atomic E-state index is 0.232. The molecule has 4 rings (SSSR count). The van der Waals surface area contributed by atoms with Gasteiger partial charge in [0.05, 0.1) is 6.10 Å². The number of hydrogen-bond donors (Lipinski definition) is 0. The summed E-state index contributed by atoms with van der Waals surface area (Å²) in [5, 5.41) is 0. The molecule has 0 N–H and O–H groups in total. The molecule has 0 aromatic heterocycles. The second kappa shape index (κ2) is 8.38. The van der Waals surface area contributed by atoms with E-state index in [2.05, 4.69) is 40.7 Å². The van der Waals surface area contributed by atoms with Gasteiger partial charge in [0.2, 0.25) is 0 Å². The molecule has 0 bridgehead atoms. The van der Waals surface area contributed by atoms with E-state index in [1.54, 1.807) is 0 Å². The molecule has 0 amide bonds. The Hall–Kier alpha value is -0.630. The lowest BCUT2D eigenvalue weighted by Gasteiger charge is -2.57. The van der Waals surface area contributed by atoms with Crippen molar-refractivity contribution in [3.05, 3.63) is 11.6 Å². The molecule has 2 nitrogen and oxygen atoms in total. The number of carbonyl (C=O) groups excluding carboxylic acids is 1. The molecular formula is C28H46O2. The third-order valence-electron chi connectivity index (χ3n) is 10.4. The van der Waals surface area contributed by atoms with Crippen LogP contribution >= 0.6 is 0 Å². The van der Waals surface area contributed by atoms with Gasteiger partial charge in [0.15, 0.2) is 5.78 Å². The number of rotatable bonds is 6. The molecule has 2 heteroatoms. The molecule has 3 saturated carbocycles. The van der Waals surface area contributed by atoms with Crippen LogP contribution in [0.3, 0.4) is 0 Å². The van der Waals surface area contributed by atoms with Crippen LogP contribution in [0, 0.1) is 46.3 Å². The average Bonchev–Trinajstić information content (AvgIpc) is 3.05. The summed E-state index contributed by atoms with van der Waals surface area (Å²) < 4.78 is 5.68. The lowest BCUT2D eigenvalue weighted by molar-refractivity contribution is -0.135. The van der Waals surface area contributed by atoms with E-state index in [-0.39, 0.29) is 11.3 Å². The van der Waals surface area contributed by atoms with E-state index in [0.29, 0.717) is 29.1 Å². The SMILES string of the molecule is COC1CCC2(C)C(=CC(=O)C3C2CCC2(C)C3CCC2[C@H](C)CCCC(C)C)C1. The van der Waals surface area contributed by atoms with Crippen LogP contribution in [0.5, 0.6) is 0 Å². The topological polar surface area (TPSA) is 26.3 Å². The minimum absolute atomic E-state index is 0.232. The molecule has 0 saturated heterocycles. The molecule has 170 valence electrons. The van der Waals surface area contributed by atoms with Crippen LogP contribution in [0.4, 0.5) is 0 Å². The van der Waals surface area contributed by atoms with Crippen LogP contribution in [-0.2, 0) is 9.53 Å². The number of allylic oxidation sites excluding steroid dienone is 1. The lowest BCUT2D eigenvalue weighted by Crippen LogP contribution is -2.53. The zero-order chi connectivity index (χ0) is 21.7. The highest BCUT2D eigenvalue weighted by Gasteiger charge is 2.61. The summed E-state index contributed by atoms with van der Waals surface area (Å²) >= 11 is 0. The zero-order valence-corrected chi connectivity index (χ0v) is 20.5. The Labute approximate surface area is 185 Å². The van der Waals surface area contributed by atoms with Gasteiger partial charge in [0, 0.05) is 13.0 Å². The molecule has 0 heterocycles. The van der Waals surface area contributed by atoms with Crippen LogP contribution in [-0.4, -0.2) is 19.0 Å². The minimum Gasteiger partial charge on any atom is -0.381 e. The van der Waals surface area contributed by atoms with Crippen molar-refractivity contribution in [3.8, 4) is 0 Å². The predicted molar refractivity (Wildman–Crippen MR) is 124 cm³/mol. The Kier molecular flexibility index (Phi) is 6.30. The van der Waals surface area contributed by atoms with Gasteiger partial charge in [-0.3, -0.25) is 4.79 Å². The van der Waals surface area contributed by atoms with Crippen molar-refractivity contribution in [1.29, 1.82) is 0 Å². The van der Waals surface area contributed by atoms with Gasteiger partial charge in [-0.1, -0.05) is 59.5 Å². The van der Waals surface area contributed by atoms with Crippen LogP contribution in [0.25, 0.3) is 0 Å². The lowest BCUT2D eigenvalue weighted by atomic mass is 9.46. The van der Waals surface area contributed by atoms with Gasteiger partial charge >= 0.3 is 0 Å². The monoisotopic (exact) mass is 414 g/mol. The first kappa shape index (κ1) is 22.6. The van der Waals surface area contributed by atoms with Crippen LogP contribution in [0.15, 0.2) is 11.6 Å². The zero-order valence-electron chi connectivity index (χ0n) is 20.5. The van der Waals surface area contributed by atoms with Crippen LogP contribution in [0.1, 0.15) is 98.8 Å². The number of methoxy groups -OCH3 is 1. The summed E-state index contributed by atoms with van der Waals surface area (Å²) in [6, 6.07) is 0. The van der Waals surface area contributed by atoms with E-state index in [9.17, 15) is 4.79 Å². The Bertz CT molecular complexity index is 678. The molecule has 0 radical (unpaired) electrons. The highest BCUT2D eigenvalue weighted by Crippen LogP contribution is 2.66. The summed E-state index contributed by atoms with van der Waals surface area (Å²) in [5.41, 5.74) is 2.02. The average molecular weight is 415 g/mol. The summed E-state index contributed by atoms with van der Waals surface area (Å²) in [6.07, 6.45) is 15.0. The number of hydrogen-bond acceptors (Lipinski definition) is 2.